The van der Waals surface area contributed by atoms with Crippen molar-refractivity contribution in [1.82, 2.24) is 10.2 Å². The van der Waals surface area contributed by atoms with Crippen LogP contribution in [0.1, 0.15) is 52.4 Å². The molecule has 0 aliphatic heterocycles. The van der Waals surface area contributed by atoms with Gasteiger partial charge in [-0.2, -0.15) is 5.26 Å². The SMILES string of the molecule is CC(C)CC(N/C=C(/C#N)C(=O)N(C)C1CCCCC1)C(=O)O. The van der Waals surface area contributed by atoms with Crippen molar-refractivity contribution in [3.05, 3.63) is 11.8 Å². The Morgan fingerprint density at radius 1 is 1.35 bits per heavy atom. The number of nitriles is 1. The second kappa shape index (κ2) is 9.19. The number of amides is 1. The molecule has 128 valence electrons. The van der Waals surface area contributed by atoms with Crippen molar-refractivity contribution in [2.24, 2.45) is 5.92 Å². The predicted octanol–water partition coefficient (Wildman–Crippen LogP) is 2.27. The number of likely N-dealkylation sites (N-methyl/N-ethyl adjacent to an activating group) is 1. The van der Waals surface area contributed by atoms with Gasteiger partial charge in [-0.3, -0.25) is 4.79 Å². The highest BCUT2D eigenvalue weighted by molar-refractivity contribution is 5.97. The molecule has 6 nitrogen and oxygen atoms in total. The Bertz CT molecular complexity index is 488. The average Bonchev–Trinajstić information content (AvgIpc) is 2.53. The summed E-state index contributed by atoms with van der Waals surface area (Å²) in [5, 5.41) is 21.1. The number of carbonyl (C=O) groups excluding carboxylic acids is 1. The molecule has 1 aliphatic rings. The Morgan fingerprint density at radius 2 is 1.96 bits per heavy atom. The summed E-state index contributed by atoms with van der Waals surface area (Å²) in [6, 6.07) is 1.25. The summed E-state index contributed by atoms with van der Waals surface area (Å²) in [6.07, 6.45) is 6.98. The Hall–Kier alpha value is -2.03. The second-order valence-electron chi connectivity index (χ2n) is 6.56. The fourth-order valence-corrected chi connectivity index (χ4v) is 2.86. The summed E-state index contributed by atoms with van der Waals surface area (Å²) in [5.41, 5.74) is -0.0481. The molecule has 2 N–H and O–H groups in total. The van der Waals surface area contributed by atoms with E-state index in [-0.39, 0.29) is 23.4 Å². The Labute approximate surface area is 138 Å². The molecule has 0 bridgehead atoms. The van der Waals surface area contributed by atoms with Crippen LogP contribution in [0.5, 0.6) is 0 Å². The first-order valence-corrected chi connectivity index (χ1v) is 8.23. The van der Waals surface area contributed by atoms with Crippen molar-refractivity contribution in [3.63, 3.8) is 0 Å². The molecule has 6 heteroatoms. The molecular formula is C17H27N3O3. The maximum Gasteiger partial charge on any atom is 0.326 e. The van der Waals surface area contributed by atoms with Gasteiger partial charge in [-0.1, -0.05) is 33.1 Å². The zero-order chi connectivity index (χ0) is 17.4. The lowest BCUT2D eigenvalue weighted by molar-refractivity contribution is -0.139. The molecule has 0 radical (unpaired) electrons. The van der Waals surface area contributed by atoms with Crippen LogP contribution in [0.15, 0.2) is 11.8 Å². The van der Waals surface area contributed by atoms with Crippen LogP contribution in [0.4, 0.5) is 0 Å². The van der Waals surface area contributed by atoms with Crippen LogP contribution in [-0.2, 0) is 9.59 Å². The number of nitrogens with zero attached hydrogens (tertiary/aromatic N) is 2. The fraction of sp³-hybridized carbons (Fsp3) is 0.706. The molecule has 23 heavy (non-hydrogen) atoms. The molecule has 1 atom stereocenters. The first-order valence-electron chi connectivity index (χ1n) is 8.23. The molecule has 1 saturated carbocycles. The second-order valence-corrected chi connectivity index (χ2v) is 6.56. The maximum atomic E-state index is 12.4. The largest absolute Gasteiger partial charge is 0.480 e. The van der Waals surface area contributed by atoms with Gasteiger partial charge >= 0.3 is 5.97 Å². The van der Waals surface area contributed by atoms with Crippen LogP contribution in [-0.4, -0.2) is 41.0 Å². The molecule has 0 aromatic carbocycles. The predicted molar refractivity (Wildman–Crippen MR) is 87.4 cm³/mol. The fourth-order valence-electron chi connectivity index (χ4n) is 2.86. The van der Waals surface area contributed by atoms with Crippen molar-refractivity contribution in [2.75, 3.05) is 7.05 Å². The quantitative estimate of drug-likeness (QED) is 0.554. The van der Waals surface area contributed by atoms with E-state index in [9.17, 15) is 20.0 Å². The van der Waals surface area contributed by atoms with Crippen molar-refractivity contribution in [2.45, 2.75) is 64.5 Å². The van der Waals surface area contributed by atoms with Crippen molar-refractivity contribution >= 4 is 11.9 Å². The number of hydrogen-bond donors (Lipinski definition) is 2. The number of nitrogens with one attached hydrogen (secondary N) is 1. The lowest BCUT2D eigenvalue weighted by Gasteiger charge is -2.31. The summed E-state index contributed by atoms with van der Waals surface area (Å²) >= 11 is 0. The normalized spacial score (nSPS) is 17.4. The first-order chi connectivity index (χ1) is 10.9. The molecular weight excluding hydrogens is 294 g/mol. The van der Waals surface area contributed by atoms with E-state index in [1.807, 2.05) is 19.9 Å². The molecule has 1 aliphatic carbocycles. The lowest BCUT2D eigenvalue weighted by Crippen LogP contribution is -2.40. The summed E-state index contributed by atoms with van der Waals surface area (Å²) in [5.74, 6) is -1.14. The Morgan fingerprint density at radius 3 is 2.43 bits per heavy atom. The van der Waals surface area contributed by atoms with Gasteiger partial charge in [0.25, 0.3) is 5.91 Å². The highest BCUT2D eigenvalue weighted by Crippen LogP contribution is 2.22. The smallest absolute Gasteiger partial charge is 0.326 e. The third-order valence-corrected chi connectivity index (χ3v) is 4.23. The molecule has 0 aromatic rings. The zero-order valence-corrected chi connectivity index (χ0v) is 14.2. The van der Waals surface area contributed by atoms with Gasteiger partial charge < -0.3 is 15.3 Å². The van der Waals surface area contributed by atoms with E-state index in [2.05, 4.69) is 5.32 Å². The van der Waals surface area contributed by atoms with Gasteiger partial charge in [0, 0.05) is 19.3 Å². The number of carbonyl (C=O) groups is 2. The number of aliphatic carboxylic acids is 1. The van der Waals surface area contributed by atoms with Gasteiger partial charge in [0.2, 0.25) is 0 Å². The third kappa shape index (κ3) is 5.93. The van der Waals surface area contributed by atoms with Gasteiger partial charge in [-0.25, -0.2) is 4.79 Å². The maximum absolute atomic E-state index is 12.4. The number of carboxylic acid groups (broad SMARTS) is 1. The Balaban J connectivity index is 2.74. The molecule has 0 aromatic heterocycles. The van der Waals surface area contributed by atoms with Crippen LogP contribution in [0.3, 0.4) is 0 Å². The van der Waals surface area contributed by atoms with Crippen molar-refractivity contribution in [1.29, 1.82) is 5.26 Å². The summed E-state index contributed by atoms with van der Waals surface area (Å²) < 4.78 is 0. The lowest BCUT2D eigenvalue weighted by atomic mass is 9.94. The van der Waals surface area contributed by atoms with E-state index < -0.39 is 12.0 Å². The van der Waals surface area contributed by atoms with Gasteiger partial charge in [0.05, 0.1) is 0 Å². The van der Waals surface area contributed by atoms with Crippen LogP contribution in [0.2, 0.25) is 0 Å². The minimum Gasteiger partial charge on any atom is -0.480 e. The van der Waals surface area contributed by atoms with Crippen LogP contribution in [0.25, 0.3) is 0 Å². The molecule has 1 unspecified atom stereocenters. The van der Waals surface area contributed by atoms with E-state index in [1.54, 1.807) is 11.9 Å². The first kappa shape index (κ1) is 19.0. The van der Waals surface area contributed by atoms with Gasteiger partial charge in [-0.15, -0.1) is 0 Å². The molecule has 1 amide bonds. The summed E-state index contributed by atoms with van der Waals surface area (Å²) in [7, 11) is 1.71. The van der Waals surface area contributed by atoms with Gasteiger partial charge in [-0.05, 0) is 25.2 Å². The van der Waals surface area contributed by atoms with E-state index in [0.717, 1.165) is 25.7 Å². The van der Waals surface area contributed by atoms with E-state index >= 15 is 0 Å². The topological polar surface area (TPSA) is 93.4 Å². The molecule has 1 fully saturated rings. The van der Waals surface area contributed by atoms with Gasteiger partial charge in [0.1, 0.15) is 17.7 Å². The minimum absolute atomic E-state index is 0.0481. The summed E-state index contributed by atoms with van der Waals surface area (Å²) in [4.78, 5) is 25.3. The zero-order valence-electron chi connectivity index (χ0n) is 14.2. The van der Waals surface area contributed by atoms with E-state index in [4.69, 9.17) is 0 Å². The Kier molecular flexibility index (Phi) is 7.60. The standard InChI is InChI=1S/C17H27N3O3/c1-12(2)9-15(17(22)23)19-11-13(10-18)16(21)20(3)14-7-5-4-6-8-14/h11-12,14-15,19H,4-9H2,1-3H3,(H,22,23)/b13-11-. The average molecular weight is 321 g/mol. The number of hydrogen-bond acceptors (Lipinski definition) is 4. The van der Waals surface area contributed by atoms with E-state index in [1.165, 1.54) is 12.6 Å². The highest BCUT2D eigenvalue weighted by atomic mass is 16.4. The summed E-state index contributed by atoms with van der Waals surface area (Å²) in [6.45, 7) is 3.85. The van der Waals surface area contributed by atoms with Crippen molar-refractivity contribution < 1.29 is 14.7 Å². The van der Waals surface area contributed by atoms with Crippen LogP contribution >= 0.6 is 0 Å². The molecule has 0 spiro atoms. The number of rotatable bonds is 7. The number of carboxylic acids is 1. The molecule has 0 heterocycles. The highest BCUT2D eigenvalue weighted by Gasteiger charge is 2.25. The third-order valence-electron chi connectivity index (χ3n) is 4.23. The van der Waals surface area contributed by atoms with Gasteiger partial charge in [0.15, 0.2) is 0 Å². The van der Waals surface area contributed by atoms with E-state index in [0.29, 0.717) is 6.42 Å². The minimum atomic E-state index is -0.986. The molecule has 1 rings (SSSR count). The monoisotopic (exact) mass is 321 g/mol. The van der Waals surface area contributed by atoms with Crippen molar-refractivity contribution in [3.8, 4) is 6.07 Å². The molecule has 0 saturated heterocycles. The van der Waals surface area contributed by atoms with Crippen LogP contribution in [0, 0.1) is 17.2 Å². The van der Waals surface area contributed by atoms with Crippen LogP contribution < -0.4 is 5.32 Å².